The van der Waals surface area contributed by atoms with Crippen molar-refractivity contribution in [3.63, 3.8) is 0 Å². The molecule has 10 nitrogen and oxygen atoms in total. The number of amides is 1. The second kappa shape index (κ2) is 8.95. The number of aliphatic hydroxyl groups excluding tert-OH is 1. The zero-order valence-electron chi connectivity index (χ0n) is 18.8. The highest BCUT2D eigenvalue weighted by Gasteiger charge is 2.35. The fourth-order valence-electron chi connectivity index (χ4n) is 5.41. The maximum atomic E-state index is 13.0. The molecule has 1 amide bonds. The van der Waals surface area contributed by atoms with Crippen molar-refractivity contribution < 1.29 is 9.90 Å². The van der Waals surface area contributed by atoms with Gasteiger partial charge in [0.05, 0.1) is 11.8 Å². The predicted octanol–water partition coefficient (Wildman–Crippen LogP) is 3.64. The van der Waals surface area contributed by atoms with E-state index in [4.69, 9.17) is 9.97 Å². The molecule has 11 heteroatoms. The normalized spacial score (nSPS) is 22.3. The summed E-state index contributed by atoms with van der Waals surface area (Å²) in [7, 11) is 0. The molecule has 2 atom stereocenters. The number of nitrogens with zero attached hydrogens (tertiary/aromatic N) is 5. The number of nitrogens with one attached hydrogen (secondary N) is 3. The Labute approximate surface area is 201 Å². The number of thiazole rings is 1. The van der Waals surface area contributed by atoms with Gasteiger partial charge < -0.3 is 20.6 Å². The Hall–Kier alpha value is -3.05. The van der Waals surface area contributed by atoms with Gasteiger partial charge in [0.25, 0.3) is 0 Å². The molecule has 2 aliphatic carbocycles. The van der Waals surface area contributed by atoms with Gasteiger partial charge in [-0.2, -0.15) is 10.1 Å². The fourth-order valence-corrected chi connectivity index (χ4v) is 5.94. The van der Waals surface area contributed by atoms with Crippen LogP contribution in [-0.4, -0.2) is 48.7 Å². The van der Waals surface area contributed by atoms with Crippen molar-refractivity contribution in [2.24, 2.45) is 0 Å². The predicted molar refractivity (Wildman–Crippen MR) is 130 cm³/mol. The first-order chi connectivity index (χ1) is 16.7. The van der Waals surface area contributed by atoms with Gasteiger partial charge in [0.15, 0.2) is 10.9 Å². The molecule has 178 valence electrons. The molecule has 4 N–H and O–H groups in total. The van der Waals surface area contributed by atoms with Crippen molar-refractivity contribution in [3.05, 3.63) is 34.6 Å². The number of H-pyrrole nitrogens is 1. The highest BCUT2D eigenvalue weighted by molar-refractivity contribution is 7.13. The Morgan fingerprint density at radius 1 is 1.18 bits per heavy atom. The number of anilines is 4. The Morgan fingerprint density at radius 3 is 2.88 bits per heavy atom. The van der Waals surface area contributed by atoms with Crippen LogP contribution < -0.4 is 15.5 Å². The van der Waals surface area contributed by atoms with E-state index >= 15 is 0 Å². The first kappa shape index (κ1) is 21.5. The van der Waals surface area contributed by atoms with Gasteiger partial charge in [-0.3, -0.25) is 9.89 Å². The summed E-state index contributed by atoms with van der Waals surface area (Å²) < 4.78 is 0. The highest BCUT2D eigenvalue weighted by atomic mass is 32.1. The molecule has 3 aromatic rings. The van der Waals surface area contributed by atoms with Crippen LogP contribution in [0.4, 0.5) is 22.7 Å². The van der Waals surface area contributed by atoms with Crippen LogP contribution in [0.25, 0.3) is 0 Å². The third kappa shape index (κ3) is 4.03. The fraction of sp³-hybridized carbons (Fsp3) is 0.522. The molecule has 4 heterocycles. The summed E-state index contributed by atoms with van der Waals surface area (Å²) in [5.74, 6) is 2.20. The number of aromatic nitrogens is 5. The molecule has 3 aromatic heterocycles. The SMILES string of the molecule is O=C(Nc1nccs1)[C@H]1CCCN1c1nc2c(c(Nc3cc(C4CCCC4)[nH]n3)n1)C(O)CC2. The Balaban J connectivity index is 1.28. The Bertz CT molecular complexity index is 1170. The van der Waals surface area contributed by atoms with Crippen molar-refractivity contribution in [2.45, 2.75) is 69.4 Å². The Morgan fingerprint density at radius 2 is 2.06 bits per heavy atom. The maximum absolute atomic E-state index is 13.0. The minimum absolute atomic E-state index is 0.0976. The number of hydrogen-bond acceptors (Lipinski definition) is 9. The molecule has 1 aliphatic heterocycles. The molecule has 1 unspecified atom stereocenters. The Kier molecular flexibility index (Phi) is 5.66. The van der Waals surface area contributed by atoms with E-state index in [1.54, 1.807) is 6.20 Å². The number of hydrogen-bond donors (Lipinski definition) is 4. The quantitative estimate of drug-likeness (QED) is 0.420. The summed E-state index contributed by atoms with van der Waals surface area (Å²) in [6.07, 6.45) is 8.86. The number of rotatable bonds is 6. The average molecular weight is 481 g/mol. The van der Waals surface area contributed by atoms with Crippen molar-refractivity contribution in [1.29, 1.82) is 0 Å². The lowest BCUT2D eigenvalue weighted by molar-refractivity contribution is -0.117. The molecular formula is C23H28N8O2S. The van der Waals surface area contributed by atoms with Crippen LogP contribution in [-0.2, 0) is 11.2 Å². The largest absolute Gasteiger partial charge is 0.388 e. The van der Waals surface area contributed by atoms with E-state index in [-0.39, 0.29) is 11.9 Å². The summed E-state index contributed by atoms with van der Waals surface area (Å²) in [6.45, 7) is 0.699. The van der Waals surface area contributed by atoms with Gasteiger partial charge in [-0.15, -0.1) is 11.3 Å². The van der Waals surface area contributed by atoms with Gasteiger partial charge in [0.1, 0.15) is 11.9 Å². The van der Waals surface area contributed by atoms with E-state index in [0.29, 0.717) is 48.0 Å². The van der Waals surface area contributed by atoms with Gasteiger partial charge in [-0.25, -0.2) is 9.97 Å². The number of fused-ring (bicyclic) bond motifs is 1. The molecule has 3 aliphatic rings. The summed E-state index contributed by atoms with van der Waals surface area (Å²) >= 11 is 1.40. The van der Waals surface area contributed by atoms with Crippen LogP contribution in [0.5, 0.6) is 0 Å². The molecule has 0 bridgehead atoms. The molecule has 0 aromatic carbocycles. The van der Waals surface area contributed by atoms with Crippen molar-refractivity contribution in [1.82, 2.24) is 25.1 Å². The number of aryl methyl sites for hydroxylation is 1. The van der Waals surface area contributed by atoms with Crippen molar-refractivity contribution >= 4 is 40.0 Å². The molecule has 0 spiro atoms. The zero-order valence-corrected chi connectivity index (χ0v) is 19.6. The van der Waals surface area contributed by atoms with Gasteiger partial charge in [0.2, 0.25) is 11.9 Å². The molecular weight excluding hydrogens is 452 g/mol. The lowest BCUT2D eigenvalue weighted by Gasteiger charge is -2.25. The topological polar surface area (TPSA) is 132 Å². The molecule has 2 fully saturated rings. The number of carbonyl (C=O) groups excluding carboxylic acids is 1. The first-order valence-corrected chi connectivity index (χ1v) is 12.9. The van der Waals surface area contributed by atoms with Crippen LogP contribution in [0.15, 0.2) is 17.6 Å². The van der Waals surface area contributed by atoms with Gasteiger partial charge in [-0.05, 0) is 38.5 Å². The van der Waals surface area contributed by atoms with E-state index in [0.717, 1.165) is 29.8 Å². The minimum atomic E-state index is -0.609. The monoisotopic (exact) mass is 480 g/mol. The smallest absolute Gasteiger partial charge is 0.248 e. The van der Waals surface area contributed by atoms with Crippen LogP contribution in [0.1, 0.15) is 73.9 Å². The first-order valence-electron chi connectivity index (χ1n) is 12.0. The molecule has 1 saturated carbocycles. The third-order valence-corrected chi connectivity index (χ3v) is 7.80. The molecule has 6 rings (SSSR count). The molecule has 34 heavy (non-hydrogen) atoms. The van der Waals surface area contributed by atoms with Gasteiger partial charge in [0, 0.05) is 41.4 Å². The zero-order chi connectivity index (χ0) is 23.1. The van der Waals surface area contributed by atoms with Gasteiger partial charge >= 0.3 is 0 Å². The average Bonchev–Trinajstić information content (AvgIpc) is 3.65. The number of carbonyl (C=O) groups is 1. The van der Waals surface area contributed by atoms with E-state index in [1.165, 1.54) is 37.0 Å². The van der Waals surface area contributed by atoms with Crippen LogP contribution in [0.3, 0.4) is 0 Å². The number of aromatic amines is 1. The van der Waals surface area contributed by atoms with E-state index in [1.807, 2.05) is 16.3 Å². The second-order valence-corrected chi connectivity index (χ2v) is 10.2. The third-order valence-electron chi connectivity index (χ3n) is 7.11. The standard InChI is InChI=1S/C23H28N8O2S/c32-17-8-7-14-19(17)20(26-18-12-15(29-30-18)13-4-1-2-5-13)27-22(25-14)31-10-3-6-16(31)21(33)28-23-24-9-11-34-23/h9,11-13,16-17,32H,1-8,10H2,(H,24,28,33)(H2,25,26,27,29,30)/t16-,17?/m1/s1. The molecule has 1 saturated heterocycles. The van der Waals surface area contributed by atoms with E-state index in [9.17, 15) is 9.90 Å². The summed E-state index contributed by atoms with van der Waals surface area (Å²) in [6, 6.07) is 1.69. The van der Waals surface area contributed by atoms with Crippen LogP contribution >= 0.6 is 11.3 Å². The van der Waals surface area contributed by atoms with Crippen LogP contribution in [0.2, 0.25) is 0 Å². The number of aliphatic hydroxyl groups is 1. The summed E-state index contributed by atoms with van der Waals surface area (Å²) in [5.41, 5.74) is 2.71. The van der Waals surface area contributed by atoms with E-state index in [2.05, 4.69) is 25.8 Å². The van der Waals surface area contributed by atoms with E-state index < -0.39 is 6.10 Å². The molecule has 0 radical (unpaired) electrons. The summed E-state index contributed by atoms with van der Waals surface area (Å²) in [5, 5.41) is 26.9. The van der Waals surface area contributed by atoms with Crippen LogP contribution in [0, 0.1) is 0 Å². The van der Waals surface area contributed by atoms with Crippen molar-refractivity contribution in [2.75, 3.05) is 22.1 Å². The van der Waals surface area contributed by atoms with Gasteiger partial charge in [-0.1, -0.05) is 12.8 Å². The lowest BCUT2D eigenvalue weighted by Crippen LogP contribution is -2.40. The van der Waals surface area contributed by atoms with Crippen molar-refractivity contribution in [3.8, 4) is 0 Å². The minimum Gasteiger partial charge on any atom is -0.388 e. The lowest BCUT2D eigenvalue weighted by atomic mass is 10.0. The highest BCUT2D eigenvalue weighted by Crippen LogP contribution is 2.39. The second-order valence-electron chi connectivity index (χ2n) is 9.28. The summed E-state index contributed by atoms with van der Waals surface area (Å²) in [4.78, 5) is 28.7. The maximum Gasteiger partial charge on any atom is 0.248 e.